The molecule has 0 radical (unpaired) electrons. The summed E-state index contributed by atoms with van der Waals surface area (Å²) in [6.45, 7) is 1.81. The van der Waals surface area contributed by atoms with Crippen molar-refractivity contribution in [2.75, 3.05) is 18.5 Å². The average Bonchev–Trinajstić information content (AvgIpc) is 3.16. The lowest BCUT2D eigenvalue weighted by atomic mass is 10.1. The number of anilines is 1. The molecule has 5 heteroatoms. The monoisotopic (exact) mass is 298 g/mol. The van der Waals surface area contributed by atoms with Crippen LogP contribution in [0.3, 0.4) is 0 Å². The highest BCUT2D eigenvalue weighted by atomic mass is 16.2. The molecule has 1 saturated heterocycles. The summed E-state index contributed by atoms with van der Waals surface area (Å²) in [6, 6.07) is 10.3. The molecule has 0 spiro atoms. The molecule has 3 rings (SSSR count). The van der Waals surface area contributed by atoms with E-state index >= 15 is 0 Å². The number of nitrogens with zero attached hydrogens (tertiary/aromatic N) is 4. The third-order valence-corrected chi connectivity index (χ3v) is 4.29. The van der Waals surface area contributed by atoms with Crippen molar-refractivity contribution < 1.29 is 4.79 Å². The SMILES string of the molecule is CN(C(=O)C1CCCN1Cc1ccccc1)c1cnn(C)c1. The number of carbonyl (C=O) groups is 1. The molecular weight excluding hydrogens is 276 g/mol. The predicted molar refractivity (Wildman–Crippen MR) is 86.5 cm³/mol. The van der Waals surface area contributed by atoms with Gasteiger partial charge in [0.2, 0.25) is 5.91 Å². The van der Waals surface area contributed by atoms with Crippen molar-refractivity contribution in [2.45, 2.75) is 25.4 Å². The van der Waals surface area contributed by atoms with Crippen LogP contribution in [0.1, 0.15) is 18.4 Å². The summed E-state index contributed by atoms with van der Waals surface area (Å²) in [6.07, 6.45) is 5.60. The summed E-state index contributed by atoms with van der Waals surface area (Å²) in [5.74, 6) is 0.154. The van der Waals surface area contributed by atoms with Gasteiger partial charge in [-0.25, -0.2) is 0 Å². The number of carbonyl (C=O) groups excluding carboxylic acids is 1. The van der Waals surface area contributed by atoms with Crippen LogP contribution >= 0.6 is 0 Å². The van der Waals surface area contributed by atoms with E-state index < -0.39 is 0 Å². The van der Waals surface area contributed by atoms with Gasteiger partial charge in [-0.2, -0.15) is 5.10 Å². The summed E-state index contributed by atoms with van der Waals surface area (Å²) in [7, 11) is 3.69. The zero-order chi connectivity index (χ0) is 15.5. The van der Waals surface area contributed by atoms with Gasteiger partial charge in [-0.1, -0.05) is 30.3 Å². The topological polar surface area (TPSA) is 41.4 Å². The van der Waals surface area contributed by atoms with Crippen molar-refractivity contribution in [1.29, 1.82) is 0 Å². The van der Waals surface area contributed by atoms with E-state index in [1.54, 1.807) is 15.8 Å². The van der Waals surface area contributed by atoms with Gasteiger partial charge < -0.3 is 4.90 Å². The van der Waals surface area contributed by atoms with Gasteiger partial charge in [0.25, 0.3) is 0 Å². The molecule has 1 unspecified atom stereocenters. The number of aromatic nitrogens is 2. The molecule has 1 amide bonds. The molecule has 5 nitrogen and oxygen atoms in total. The first-order valence-corrected chi connectivity index (χ1v) is 7.69. The fraction of sp³-hybridized carbons (Fsp3) is 0.412. The lowest BCUT2D eigenvalue weighted by molar-refractivity contribution is -0.122. The maximum Gasteiger partial charge on any atom is 0.244 e. The molecule has 1 aromatic heterocycles. The zero-order valence-electron chi connectivity index (χ0n) is 13.1. The van der Waals surface area contributed by atoms with E-state index in [9.17, 15) is 4.79 Å². The van der Waals surface area contributed by atoms with E-state index in [0.717, 1.165) is 31.6 Å². The third kappa shape index (κ3) is 3.04. The van der Waals surface area contributed by atoms with E-state index in [-0.39, 0.29) is 11.9 Å². The Morgan fingerprint density at radius 2 is 2.14 bits per heavy atom. The minimum atomic E-state index is -0.0367. The van der Waals surface area contributed by atoms with E-state index in [2.05, 4.69) is 22.1 Å². The van der Waals surface area contributed by atoms with Gasteiger partial charge in [0.05, 0.1) is 17.9 Å². The highest BCUT2D eigenvalue weighted by Gasteiger charge is 2.33. The molecule has 0 N–H and O–H groups in total. The van der Waals surface area contributed by atoms with Crippen LogP contribution in [0.4, 0.5) is 5.69 Å². The Hall–Kier alpha value is -2.14. The van der Waals surface area contributed by atoms with Crippen LogP contribution in [-0.4, -0.2) is 40.2 Å². The number of aryl methyl sites for hydroxylation is 1. The molecule has 0 bridgehead atoms. The first-order valence-electron chi connectivity index (χ1n) is 7.69. The summed E-state index contributed by atoms with van der Waals surface area (Å²) in [5.41, 5.74) is 2.10. The van der Waals surface area contributed by atoms with Crippen molar-refractivity contribution >= 4 is 11.6 Å². The molecular formula is C17H22N4O. The number of hydrogen-bond donors (Lipinski definition) is 0. The van der Waals surface area contributed by atoms with Crippen LogP contribution in [0.25, 0.3) is 0 Å². The number of likely N-dealkylation sites (N-methyl/N-ethyl adjacent to an activating group) is 1. The van der Waals surface area contributed by atoms with Gasteiger partial charge in [0.15, 0.2) is 0 Å². The lowest BCUT2D eigenvalue weighted by Gasteiger charge is -2.27. The molecule has 0 saturated carbocycles. The van der Waals surface area contributed by atoms with E-state index in [4.69, 9.17) is 0 Å². The third-order valence-electron chi connectivity index (χ3n) is 4.29. The molecule has 2 heterocycles. The Kier molecular flexibility index (Phi) is 4.24. The summed E-state index contributed by atoms with van der Waals surface area (Å²) in [5, 5.41) is 4.14. The standard InChI is InChI=1S/C17H22N4O/c1-19-13-15(11-18-19)20(2)17(22)16-9-6-10-21(16)12-14-7-4-3-5-8-14/h3-5,7-8,11,13,16H,6,9-10,12H2,1-2H3. The van der Waals surface area contributed by atoms with Crippen LogP contribution in [0.15, 0.2) is 42.7 Å². The first kappa shape index (κ1) is 14.8. The minimum Gasteiger partial charge on any atom is -0.311 e. The van der Waals surface area contributed by atoms with Crippen LogP contribution in [-0.2, 0) is 18.4 Å². The smallest absolute Gasteiger partial charge is 0.244 e. The van der Waals surface area contributed by atoms with E-state index in [1.165, 1.54) is 5.56 Å². The Morgan fingerprint density at radius 3 is 2.82 bits per heavy atom. The van der Waals surface area contributed by atoms with Gasteiger partial charge in [0, 0.05) is 26.8 Å². The maximum atomic E-state index is 12.8. The molecule has 2 aromatic rings. The van der Waals surface area contributed by atoms with Crippen molar-refractivity contribution in [3.8, 4) is 0 Å². The molecule has 0 aliphatic carbocycles. The van der Waals surface area contributed by atoms with Crippen LogP contribution in [0, 0.1) is 0 Å². The molecule has 116 valence electrons. The maximum absolute atomic E-state index is 12.8. The highest BCUT2D eigenvalue weighted by Crippen LogP contribution is 2.23. The average molecular weight is 298 g/mol. The fourth-order valence-electron chi connectivity index (χ4n) is 3.05. The molecule has 22 heavy (non-hydrogen) atoms. The predicted octanol–water partition coefficient (Wildman–Crippen LogP) is 2.05. The number of hydrogen-bond acceptors (Lipinski definition) is 3. The Morgan fingerprint density at radius 1 is 1.36 bits per heavy atom. The largest absolute Gasteiger partial charge is 0.311 e. The number of likely N-dealkylation sites (tertiary alicyclic amines) is 1. The molecule has 1 fully saturated rings. The zero-order valence-corrected chi connectivity index (χ0v) is 13.1. The van der Waals surface area contributed by atoms with Gasteiger partial charge in [-0.3, -0.25) is 14.4 Å². The van der Waals surface area contributed by atoms with Gasteiger partial charge in [0.1, 0.15) is 0 Å². The number of benzene rings is 1. The Labute approximate surface area is 131 Å². The Bertz CT molecular complexity index is 637. The second kappa shape index (κ2) is 6.32. The van der Waals surface area contributed by atoms with Crippen molar-refractivity contribution in [3.05, 3.63) is 48.3 Å². The van der Waals surface area contributed by atoms with Crippen molar-refractivity contribution in [2.24, 2.45) is 7.05 Å². The number of rotatable bonds is 4. The second-order valence-electron chi connectivity index (χ2n) is 5.88. The van der Waals surface area contributed by atoms with Crippen molar-refractivity contribution in [3.63, 3.8) is 0 Å². The summed E-state index contributed by atoms with van der Waals surface area (Å²) < 4.78 is 1.72. The van der Waals surface area contributed by atoms with Crippen LogP contribution < -0.4 is 4.90 Å². The lowest BCUT2D eigenvalue weighted by Crippen LogP contribution is -2.43. The highest BCUT2D eigenvalue weighted by molar-refractivity contribution is 5.96. The molecule has 1 aliphatic heterocycles. The summed E-state index contributed by atoms with van der Waals surface area (Å²) >= 11 is 0. The molecule has 1 aromatic carbocycles. The Balaban J connectivity index is 1.71. The number of amides is 1. The van der Waals surface area contributed by atoms with E-state index in [1.807, 2.05) is 38.5 Å². The second-order valence-corrected chi connectivity index (χ2v) is 5.88. The first-order chi connectivity index (χ1) is 10.6. The van der Waals surface area contributed by atoms with Gasteiger partial charge in [-0.05, 0) is 24.9 Å². The minimum absolute atomic E-state index is 0.0367. The summed E-state index contributed by atoms with van der Waals surface area (Å²) in [4.78, 5) is 16.8. The van der Waals surface area contributed by atoms with Crippen LogP contribution in [0.5, 0.6) is 0 Å². The van der Waals surface area contributed by atoms with E-state index in [0.29, 0.717) is 0 Å². The molecule has 1 aliphatic rings. The van der Waals surface area contributed by atoms with Gasteiger partial charge in [-0.15, -0.1) is 0 Å². The normalized spacial score (nSPS) is 18.5. The molecule has 1 atom stereocenters. The van der Waals surface area contributed by atoms with Crippen molar-refractivity contribution in [1.82, 2.24) is 14.7 Å². The fourth-order valence-corrected chi connectivity index (χ4v) is 3.05. The van der Waals surface area contributed by atoms with Crippen LogP contribution in [0.2, 0.25) is 0 Å². The van der Waals surface area contributed by atoms with Gasteiger partial charge >= 0.3 is 0 Å². The quantitative estimate of drug-likeness (QED) is 0.867.